The predicted molar refractivity (Wildman–Crippen MR) is 86.7 cm³/mol. The van der Waals surface area contributed by atoms with Gasteiger partial charge in [-0.1, -0.05) is 0 Å². The molecule has 3 N–H and O–H groups in total. The minimum absolute atomic E-state index is 0.278. The Morgan fingerprint density at radius 3 is 2.00 bits per heavy atom. The SMILES string of the molecule is C1=CC2N=C1N=c1ccc([nH]1)=Nc1ccc([nH]1)N=c1ccc([nH]1)=N2. The van der Waals surface area contributed by atoms with E-state index in [1.165, 1.54) is 0 Å². The van der Waals surface area contributed by atoms with Crippen molar-refractivity contribution in [1.29, 1.82) is 0 Å². The lowest BCUT2D eigenvalue weighted by Crippen LogP contribution is -2.13. The van der Waals surface area contributed by atoms with E-state index in [1.807, 2.05) is 48.6 Å². The Bertz CT molecular complexity index is 1220. The predicted octanol–water partition coefficient (Wildman–Crippen LogP) is 0.121. The van der Waals surface area contributed by atoms with E-state index in [2.05, 4.69) is 39.9 Å². The molecule has 2 aliphatic heterocycles. The van der Waals surface area contributed by atoms with Gasteiger partial charge >= 0.3 is 0 Å². The molecule has 8 heteroatoms. The molecule has 0 amide bonds. The zero-order chi connectivity index (χ0) is 15.9. The molecule has 1 unspecified atom stereocenters. The molecule has 0 saturated carbocycles. The number of aromatic nitrogens is 3. The number of hydrogen-bond acceptors (Lipinski definition) is 5. The highest BCUT2D eigenvalue weighted by molar-refractivity contribution is 5.95. The first kappa shape index (κ1) is 12.9. The fourth-order valence-corrected chi connectivity index (χ4v) is 2.58. The number of hydrogen-bond donors (Lipinski definition) is 3. The van der Waals surface area contributed by atoms with Crippen LogP contribution >= 0.6 is 0 Å². The second kappa shape index (κ2) is 4.98. The molecule has 0 aliphatic carbocycles. The van der Waals surface area contributed by atoms with Crippen LogP contribution < -0.4 is 22.0 Å². The van der Waals surface area contributed by atoms with Gasteiger partial charge in [-0.2, -0.15) is 0 Å². The molecule has 3 aromatic rings. The van der Waals surface area contributed by atoms with E-state index in [4.69, 9.17) is 0 Å². The number of amidine groups is 1. The fourth-order valence-electron chi connectivity index (χ4n) is 2.58. The minimum atomic E-state index is -0.278. The van der Waals surface area contributed by atoms with E-state index >= 15 is 0 Å². The van der Waals surface area contributed by atoms with Crippen molar-refractivity contribution >= 4 is 17.5 Å². The Kier molecular flexibility index (Phi) is 2.69. The molecule has 8 nitrogen and oxygen atoms in total. The molecule has 3 aromatic heterocycles. The molecular weight excluding hydrogens is 304 g/mol. The summed E-state index contributed by atoms with van der Waals surface area (Å²) in [6.07, 6.45) is 3.48. The summed E-state index contributed by atoms with van der Waals surface area (Å²) in [5.74, 6) is 2.05. The van der Waals surface area contributed by atoms with Gasteiger partial charge in [0.1, 0.15) is 33.6 Å². The summed E-state index contributed by atoms with van der Waals surface area (Å²) in [7, 11) is 0. The highest BCUT2D eigenvalue weighted by Gasteiger charge is 2.08. The average molecular weight is 316 g/mol. The van der Waals surface area contributed by atoms with Crippen LogP contribution in [-0.4, -0.2) is 27.0 Å². The smallest absolute Gasteiger partial charge is 0.163 e. The van der Waals surface area contributed by atoms with E-state index in [-0.39, 0.29) is 6.17 Å². The van der Waals surface area contributed by atoms with Gasteiger partial charge in [0.25, 0.3) is 0 Å². The largest absolute Gasteiger partial charge is 0.325 e. The number of nitrogens with one attached hydrogen (secondary N) is 3. The normalized spacial score (nSPS) is 18.2. The Labute approximate surface area is 134 Å². The van der Waals surface area contributed by atoms with Crippen molar-refractivity contribution in [2.24, 2.45) is 25.0 Å². The van der Waals surface area contributed by atoms with Gasteiger partial charge in [0.15, 0.2) is 12.0 Å². The molecule has 0 fully saturated rings. The molecule has 5 rings (SSSR count). The number of H-pyrrole nitrogens is 3. The Morgan fingerprint density at radius 1 is 0.625 bits per heavy atom. The van der Waals surface area contributed by atoms with Gasteiger partial charge in [-0.3, -0.25) is 0 Å². The van der Waals surface area contributed by atoms with Crippen molar-refractivity contribution in [2.75, 3.05) is 0 Å². The first-order valence-corrected chi connectivity index (χ1v) is 7.49. The van der Waals surface area contributed by atoms with Crippen molar-refractivity contribution in [3.63, 3.8) is 0 Å². The molecular formula is C16H12N8. The van der Waals surface area contributed by atoms with Gasteiger partial charge in [0.2, 0.25) is 0 Å². The van der Waals surface area contributed by atoms with Crippen molar-refractivity contribution in [1.82, 2.24) is 15.0 Å². The Morgan fingerprint density at radius 2 is 1.25 bits per heavy atom. The van der Waals surface area contributed by atoms with Gasteiger partial charge in [-0.05, 0) is 48.6 Å². The minimum Gasteiger partial charge on any atom is -0.325 e. The molecule has 24 heavy (non-hydrogen) atoms. The van der Waals surface area contributed by atoms with Gasteiger partial charge in [0.05, 0.1) is 0 Å². The van der Waals surface area contributed by atoms with Crippen LogP contribution in [0.5, 0.6) is 0 Å². The van der Waals surface area contributed by atoms with Crippen LogP contribution in [0.3, 0.4) is 0 Å². The summed E-state index contributed by atoms with van der Waals surface area (Å²) >= 11 is 0. The van der Waals surface area contributed by atoms with E-state index < -0.39 is 0 Å². The highest BCUT2D eigenvalue weighted by atomic mass is 15.1. The lowest BCUT2D eigenvalue weighted by atomic mass is 10.5. The number of rotatable bonds is 0. The van der Waals surface area contributed by atoms with Crippen molar-refractivity contribution < 1.29 is 0 Å². The highest BCUT2D eigenvalue weighted by Crippen LogP contribution is 2.15. The number of aromatic amines is 3. The summed E-state index contributed by atoms with van der Waals surface area (Å²) < 4.78 is 0. The van der Waals surface area contributed by atoms with E-state index in [9.17, 15) is 0 Å². The Balaban J connectivity index is 1.76. The van der Waals surface area contributed by atoms with E-state index in [1.54, 1.807) is 0 Å². The first-order chi connectivity index (χ1) is 11.8. The third kappa shape index (κ3) is 2.39. The monoisotopic (exact) mass is 316 g/mol. The second-order valence-electron chi connectivity index (χ2n) is 5.41. The summed E-state index contributed by atoms with van der Waals surface area (Å²) in [6, 6.07) is 11.2. The van der Waals surface area contributed by atoms with Crippen LogP contribution in [0, 0.1) is 0 Å². The van der Waals surface area contributed by atoms with Crippen LogP contribution in [0.25, 0.3) is 0 Å². The summed E-state index contributed by atoms with van der Waals surface area (Å²) in [5, 5.41) is 0. The third-order valence-electron chi connectivity index (χ3n) is 3.64. The van der Waals surface area contributed by atoms with Gasteiger partial charge in [-0.15, -0.1) is 0 Å². The van der Waals surface area contributed by atoms with Crippen LogP contribution in [0.15, 0.2) is 73.5 Å². The topological polar surface area (TPSA) is 109 Å². The fraction of sp³-hybridized carbons (Fsp3) is 0.0625. The second-order valence-corrected chi connectivity index (χ2v) is 5.41. The summed E-state index contributed by atoms with van der Waals surface area (Å²) in [6.45, 7) is 0. The number of fused-ring (bicyclic) bond motifs is 7. The molecule has 0 saturated heterocycles. The van der Waals surface area contributed by atoms with Gasteiger partial charge in [0, 0.05) is 0 Å². The standard InChI is InChI=1S/C16H12N8/c1-2-10-17-9(1)21-11-3-4-13(18-11)23-15-7-8-16(20-15)24-14-6-5-12(19-14)22-10/h1-9,20H,(H,18,21,23)(H,17,19,22,24). The number of nitrogens with zero attached hydrogens (tertiary/aromatic N) is 5. The molecule has 1 atom stereocenters. The number of aliphatic imine (C=N–C) groups is 1. The van der Waals surface area contributed by atoms with E-state index in [0.29, 0.717) is 33.9 Å². The molecule has 0 aromatic carbocycles. The van der Waals surface area contributed by atoms with Gasteiger partial charge < -0.3 is 15.0 Å². The summed E-state index contributed by atoms with van der Waals surface area (Å²) in [4.78, 5) is 31.9. The molecule has 8 bridgehead atoms. The Hall–Kier alpha value is -3.55. The van der Waals surface area contributed by atoms with Gasteiger partial charge in [-0.25, -0.2) is 25.0 Å². The van der Waals surface area contributed by atoms with Crippen molar-refractivity contribution in [2.45, 2.75) is 6.17 Å². The summed E-state index contributed by atoms with van der Waals surface area (Å²) in [5.41, 5.74) is 2.84. The van der Waals surface area contributed by atoms with Crippen molar-refractivity contribution in [3.05, 3.63) is 70.5 Å². The van der Waals surface area contributed by atoms with Crippen molar-refractivity contribution in [3.8, 4) is 0 Å². The quantitative estimate of drug-likeness (QED) is 0.524. The zero-order valence-corrected chi connectivity index (χ0v) is 12.4. The zero-order valence-electron chi connectivity index (χ0n) is 12.4. The molecule has 0 spiro atoms. The maximum Gasteiger partial charge on any atom is 0.163 e. The lowest BCUT2D eigenvalue weighted by Gasteiger charge is -1.93. The molecule has 5 heterocycles. The van der Waals surface area contributed by atoms with E-state index in [0.717, 1.165) is 5.49 Å². The lowest BCUT2D eigenvalue weighted by molar-refractivity contribution is 0.840. The molecule has 0 radical (unpaired) electrons. The third-order valence-corrected chi connectivity index (χ3v) is 3.64. The molecule has 2 aliphatic rings. The first-order valence-electron chi connectivity index (χ1n) is 7.49. The average Bonchev–Trinajstić information content (AvgIpc) is 3.32. The molecule has 116 valence electrons. The van der Waals surface area contributed by atoms with Crippen LogP contribution in [0.4, 0.5) is 11.6 Å². The van der Waals surface area contributed by atoms with Crippen LogP contribution in [-0.2, 0) is 0 Å². The van der Waals surface area contributed by atoms with Crippen LogP contribution in [0.2, 0.25) is 0 Å². The maximum absolute atomic E-state index is 4.53. The maximum atomic E-state index is 4.53. The van der Waals surface area contributed by atoms with Crippen LogP contribution in [0.1, 0.15) is 0 Å².